The normalized spacial score (nSPS) is 24.5. The highest BCUT2D eigenvalue weighted by molar-refractivity contribution is 8.06. The van der Waals surface area contributed by atoms with E-state index in [4.69, 9.17) is 0 Å². The van der Waals surface area contributed by atoms with Crippen molar-refractivity contribution < 1.29 is 0 Å². The zero-order valence-corrected chi connectivity index (χ0v) is 13.9. The van der Waals surface area contributed by atoms with Gasteiger partial charge in [0, 0.05) is 24.1 Å². The Morgan fingerprint density at radius 2 is 2.12 bits per heavy atom. The molecule has 1 unspecified atom stereocenters. The van der Waals surface area contributed by atoms with Crippen LogP contribution in [0.1, 0.15) is 24.8 Å². The molecule has 5 nitrogen and oxygen atoms in total. The summed E-state index contributed by atoms with van der Waals surface area (Å²) in [6.07, 6.45) is 4.86. The van der Waals surface area contributed by atoms with Gasteiger partial charge >= 0.3 is 0 Å². The Bertz CT molecular complexity index is 796. The summed E-state index contributed by atoms with van der Waals surface area (Å²) in [4.78, 5) is 8.93. The molecule has 0 radical (unpaired) electrons. The molecule has 1 atom stereocenters. The molecule has 1 aromatic rings. The van der Waals surface area contributed by atoms with Gasteiger partial charge in [-0.3, -0.25) is 0 Å². The minimum atomic E-state index is -0.174. The molecule has 1 saturated carbocycles. The largest absolute Gasteiger partial charge is 0.352 e. The van der Waals surface area contributed by atoms with Gasteiger partial charge in [0.15, 0.2) is 0 Å². The molecule has 0 bridgehead atoms. The number of rotatable bonds is 3. The number of nitriles is 1. The Hall–Kier alpha value is -2.52. The van der Waals surface area contributed by atoms with E-state index >= 15 is 0 Å². The summed E-state index contributed by atoms with van der Waals surface area (Å²) in [5, 5.41) is 19.2. The second-order valence-corrected chi connectivity index (χ2v) is 6.81. The second-order valence-electron chi connectivity index (χ2n) is 5.93. The highest BCUT2D eigenvalue weighted by Gasteiger charge is 2.27. The molecule has 4 rings (SSSR count). The third kappa shape index (κ3) is 3.22. The third-order valence-electron chi connectivity index (χ3n) is 4.06. The summed E-state index contributed by atoms with van der Waals surface area (Å²) in [5.41, 5.74) is 2.80. The summed E-state index contributed by atoms with van der Waals surface area (Å²) in [7, 11) is 0. The van der Waals surface area contributed by atoms with E-state index in [-0.39, 0.29) is 6.04 Å². The fourth-order valence-corrected chi connectivity index (χ4v) is 3.51. The summed E-state index contributed by atoms with van der Waals surface area (Å²) < 4.78 is 0. The van der Waals surface area contributed by atoms with Crippen molar-refractivity contribution in [2.24, 2.45) is 9.98 Å². The van der Waals surface area contributed by atoms with E-state index in [1.54, 1.807) is 11.8 Å². The van der Waals surface area contributed by atoms with Crippen LogP contribution in [0.15, 0.2) is 56.3 Å². The average Bonchev–Trinajstić information content (AvgIpc) is 3.30. The monoisotopic (exact) mass is 335 g/mol. The van der Waals surface area contributed by atoms with Gasteiger partial charge in [-0.1, -0.05) is 42.1 Å². The van der Waals surface area contributed by atoms with E-state index in [2.05, 4.69) is 38.8 Å². The van der Waals surface area contributed by atoms with Gasteiger partial charge in [-0.15, -0.1) is 0 Å². The molecule has 3 aliphatic rings. The van der Waals surface area contributed by atoms with E-state index in [0.717, 1.165) is 16.3 Å². The molecule has 2 heterocycles. The zero-order chi connectivity index (χ0) is 16.4. The Kier molecular flexibility index (Phi) is 4.09. The van der Waals surface area contributed by atoms with Gasteiger partial charge in [0.1, 0.15) is 0 Å². The lowest BCUT2D eigenvalue weighted by atomic mass is 10.1. The molecule has 24 heavy (non-hydrogen) atoms. The fourth-order valence-electron chi connectivity index (χ4n) is 2.60. The van der Waals surface area contributed by atoms with Gasteiger partial charge in [-0.2, -0.15) is 5.26 Å². The first-order chi connectivity index (χ1) is 11.8. The quantitative estimate of drug-likeness (QED) is 0.833. The maximum Gasteiger partial charge on any atom is 0.218 e. The van der Waals surface area contributed by atoms with E-state index in [9.17, 15) is 5.26 Å². The van der Waals surface area contributed by atoms with Crippen molar-refractivity contribution >= 4 is 29.6 Å². The molecule has 0 aromatic heterocycles. The summed E-state index contributed by atoms with van der Waals surface area (Å²) in [5.74, 6) is 0.654. The molecular weight excluding hydrogens is 318 g/mol. The van der Waals surface area contributed by atoms with E-state index in [1.165, 1.54) is 12.8 Å². The fraction of sp³-hybridized carbons (Fsp3) is 0.278. The number of benzene rings is 1. The number of nitrogens with zero attached hydrogens (tertiary/aromatic N) is 3. The van der Waals surface area contributed by atoms with Crippen molar-refractivity contribution in [3.63, 3.8) is 0 Å². The average molecular weight is 335 g/mol. The van der Waals surface area contributed by atoms with Crippen molar-refractivity contribution in [2.75, 3.05) is 0 Å². The molecule has 1 aromatic carbocycles. The topological polar surface area (TPSA) is 72.6 Å². The van der Waals surface area contributed by atoms with Gasteiger partial charge in [-0.05, 0) is 18.4 Å². The molecule has 1 fully saturated rings. The number of nitrogens with one attached hydrogen (secondary N) is 2. The minimum absolute atomic E-state index is 0.174. The summed E-state index contributed by atoms with van der Waals surface area (Å²) in [6.45, 7) is 0. The molecule has 0 saturated heterocycles. The molecule has 6 heteroatoms. The summed E-state index contributed by atoms with van der Waals surface area (Å²) >= 11 is 1.55. The lowest BCUT2D eigenvalue weighted by Gasteiger charge is -2.17. The van der Waals surface area contributed by atoms with Crippen molar-refractivity contribution in [2.45, 2.75) is 31.3 Å². The van der Waals surface area contributed by atoms with Crippen LogP contribution < -0.4 is 10.6 Å². The number of hydrogen-bond donors (Lipinski definition) is 2. The minimum Gasteiger partial charge on any atom is -0.352 e. The molecule has 0 amide bonds. The smallest absolute Gasteiger partial charge is 0.218 e. The first kappa shape index (κ1) is 15.0. The van der Waals surface area contributed by atoms with Crippen molar-refractivity contribution in [3.05, 3.63) is 51.9 Å². The molecule has 2 N–H and O–H groups in total. The van der Waals surface area contributed by atoms with Crippen molar-refractivity contribution in [1.82, 2.24) is 10.6 Å². The lowest BCUT2D eigenvalue weighted by molar-refractivity contribution is 0.785. The predicted octanol–water partition coefficient (Wildman–Crippen LogP) is 3.01. The highest BCUT2D eigenvalue weighted by Crippen LogP contribution is 2.34. The Labute approximate surface area is 145 Å². The molecule has 120 valence electrons. The third-order valence-corrected chi connectivity index (χ3v) is 4.97. The van der Waals surface area contributed by atoms with Crippen LogP contribution in [0.2, 0.25) is 0 Å². The molecule has 2 aliphatic heterocycles. The van der Waals surface area contributed by atoms with Gasteiger partial charge in [-0.25, -0.2) is 9.98 Å². The van der Waals surface area contributed by atoms with Crippen LogP contribution in [-0.2, 0) is 0 Å². The highest BCUT2D eigenvalue weighted by atomic mass is 32.2. The van der Waals surface area contributed by atoms with Crippen LogP contribution in [0.3, 0.4) is 0 Å². The SMILES string of the molecule is N#C/C(=C1\NC(c2ccccc2)=CS1)C1CC=NC(NC2CC2)=N1. The lowest BCUT2D eigenvalue weighted by Crippen LogP contribution is -2.29. The van der Waals surface area contributed by atoms with Gasteiger partial charge in [0.2, 0.25) is 5.96 Å². The van der Waals surface area contributed by atoms with Crippen LogP contribution in [0.4, 0.5) is 0 Å². The van der Waals surface area contributed by atoms with Gasteiger partial charge in [0.05, 0.1) is 28.4 Å². The molecule has 0 spiro atoms. The van der Waals surface area contributed by atoms with Crippen molar-refractivity contribution in [1.29, 1.82) is 5.26 Å². The van der Waals surface area contributed by atoms with E-state index in [1.807, 2.05) is 29.8 Å². The maximum absolute atomic E-state index is 9.66. The molecule has 1 aliphatic carbocycles. The first-order valence-electron chi connectivity index (χ1n) is 8.04. The number of hydrogen-bond acceptors (Lipinski definition) is 6. The molecular formula is C18H17N5S. The zero-order valence-electron chi connectivity index (χ0n) is 13.1. The Morgan fingerprint density at radius 3 is 2.88 bits per heavy atom. The first-order valence-corrected chi connectivity index (χ1v) is 8.92. The number of guanidine groups is 1. The van der Waals surface area contributed by atoms with Crippen LogP contribution in [0, 0.1) is 11.3 Å². The van der Waals surface area contributed by atoms with Crippen LogP contribution >= 0.6 is 11.8 Å². The van der Waals surface area contributed by atoms with E-state index in [0.29, 0.717) is 24.0 Å². The standard InChI is InChI=1S/C18H17N5S/c19-10-14(15-8-9-20-18(23-15)21-13-6-7-13)17-22-16(11-24-17)12-4-2-1-3-5-12/h1-5,9,11,13,15,22H,6-8H2,(H,21,23)/b17-14-. The maximum atomic E-state index is 9.66. The van der Waals surface area contributed by atoms with Crippen LogP contribution in [0.25, 0.3) is 5.70 Å². The van der Waals surface area contributed by atoms with Crippen molar-refractivity contribution in [3.8, 4) is 6.07 Å². The Morgan fingerprint density at radius 1 is 1.29 bits per heavy atom. The predicted molar refractivity (Wildman–Crippen MR) is 98.3 cm³/mol. The van der Waals surface area contributed by atoms with E-state index < -0.39 is 0 Å². The van der Waals surface area contributed by atoms with Crippen LogP contribution in [-0.4, -0.2) is 24.3 Å². The van der Waals surface area contributed by atoms with Crippen LogP contribution in [0.5, 0.6) is 0 Å². The Balaban J connectivity index is 1.53. The summed E-state index contributed by atoms with van der Waals surface area (Å²) in [6, 6.07) is 12.8. The number of thioether (sulfide) groups is 1. The second kappa shape index (κ2) is 6.54. The van der Waals surface area contributed by atoms with Gasteiger partial charge < -0.3 is 10.6 Å². The number of aliphatic imine (C=N–C) groups is 2. The van der Waals surface area contributed by atoms with Gasteiger partial charge in [0.25, 0.3) is 0 Å².